The van der Waals surface area contributed by atoms with Gasteiger partial charge in [0.25, 0.3) is 5.91 Å². The molecule has 138 valence electrons. The van der Waals surface area contributed by atoms with Crippen molar-refractivity contribution in [2.24, 2.45) is 0 Å². The van der Waals surface area contributed by atoms with Crippen LogP contribution in [0.25, 0.3) is 22.0 Å². The van der Waals surface area contributed by atoms with Crippen molar-refractivity contribution in [2.45, 2.75) is 6.10 Å². The zero-order chi connectivity index (χ0) is 18.9. The predicted octanol–water partition coefficient (Wildman–Crippen LogP) is 4.74. The molecule has 1 atom stereocenters. The molecule has 0 bridgehead atoms. The molecule has 2 heterocycles. The summed E-state index contributed by atoms with van der Waals surface area (Å²) in [5.41, 5.74) is 1.85. The van der Waals surface area contributed by atoms with Crippen LogP contribution in [0, 0.1) is 0 Å². The summed E-state index contributed by atoms with van der Waals surface area (Å²) in [7, 11) is 0. The Labute approximate surface area is 165 Å². The molecule has 5 nitrogen and oxygen atoms in total. The van der Waals surface area contributed by atoms with Gasteiger partial charge in [0.05, 0.1) is 5.69 Å². The minimum absolute atomic E-state index is 0.172. The molecular weight excluding hydrogens is 372 g/mol. The fourth-order valence-corrected chi connectivity index (χ4v) is 3.87. The Morgan fingerprint density at radius 1 is 1.00 bits per heavy atom. The Kier molecular flexibility index (Phi) is 4.18. The number of ether oxygens (including phenoxy) is 2. The summed E-state index contributed by atoms with van der Waals surface area (Å²) >= 11 is 1.39. The summed E-state index contributed by atoms with van der Waals surface area (Å²) in [4.78, 5) is 17.1. The molecular formula is C22H16N2O3S. The number of carbonyl (C=O) groups is 1. The number of anilines is 1. The summed E-state index contributed by atoms with van der Waals surface area (Å²) < 4.78 is 11.4. The predicted molar refractivity (Wildman–Crippen MR) is 110 cm³/mol. The van der Waals surface area contributed by atoms with Gasteiger partial charge in [-0.3, -0.25) is 10.1 Å². The van der Waals surface area contributed by atoms with Crippen LogP contribution in [0.4, 0.5) is 5.13 Å². The quantitative estimate of drug-likeness (QED) is 0.551. The zero-order valence-electron chi connectivity index (χ0n) is 14.8. The van der Waals surface area contributed by atoms with E-state index < -0.39 is 6.10 Å². The van der Waals surface area contributed by atoms with Gasteiger partial charge in [-0.05, 0) is 29.0 Å². The first kappa shape index (κ1) is 16.8. The lowest BCUT2D eigenvalue weighted by Crippen LogP contribution is -2.40. The van der Waals surface area contributed by atoms with Gasteiger partial charge >= 0.3 is 0 Å². The standard InChI is InChI=1S/C22H16N2O3S/c25-21(20-12-26-18-7-3-4-8-19(18)27-20)24-22-23-17(13-28-22)16-10-9-14-5-1-2-6-15(14)11-16/h1-11,13,20H,12H2,(H,23,24,25)/t20-/m1/s1. The summed E-state index contributed by atoms with van der Waals surface area (Å²) in [6.07, 6.45) is -0.706. The van der Waals surface area contributed by atoms with Gasteiger partial charge in [-0.25, -0.2) is 4.98 Å². The molecule has 4 aromatic rings. The number of thiazole rings is 1. The second kappa shape index (κ2) is 6.98. The second-order valence-electron chi connectivity index (χ2n) is 6.45. The molecule has 3 aromatic carbocycles. The first-order valence-corrected chi connectivity index (χ1v) is 9.78. The minimum Gasteiger partial charge on any atom is -0.485 e. The van der Waals surface area contributed by atoms with Crippen molar-refractivity contribution in [3.8, 4) is 22.8 Å². The Morgan fingerprint density at radius 3 is 2.68 bits per heavy atom. The van der Waals surface area contributed by atoms with Gasteiger partial charge in [0.15, 0.2) is 16.6 Å². The van der Waals surface area contributed by atoms with Gasteiger partial charge < -0.3 is 9.47 Å². The largest absolute Gasteiger partial charge is 0.485 e. The van der Waals surface area contributed by atoms with Crippen molar-refractivity contribution >= 4 is 33.1 Å². The minimum atomic E-state index is -0.706. The highest BCUT2D eigenvalue weighted by Crippen LogP contribution is 2.32. The molecule has 0 aliphatic carbocycles. The summed E-state index contributed by atoms with van der Waals surface area (Å²) in [6, 6.07) is 21.7. The molecule has 1 aliphatic rings. The van der Waals surface area contributed by atoms with Crippen molar-refractivity contribution in [2.75, 3.05) is 11.9 Å². The number of hydrogen-bond acceptors (Lipinski definition) is 5. The van der Waals surface area contributed by atoms with Gasteiger partial charge in [-0.15, -0.1) is 11.3 Å². The van der Waals surface area contributed by atoms with Gasteiger partial charge in [0.2, 0.25) is 6.10 Å². The number of hydrogen-bond donors (Lipinski definition) is 1. The second-order valence-corrected chi connectivity index (χ2v) is 7.31. The van der Waals surface area contributed by atoms with Crippen LogP contribution in [0.1, 0.15) is 0 Å². The zero-order valence-corrected chi connectivity index (χ0v) is 15.6. The van der Waals surface area contributed by atoms with E-state index in [4.69, 9.17) is 9.47 Å². The molecule has 28 heavy (non-hydrogen) atoms. The highest BCUT2D eigenvalue weighted by atomic mass is 32.1. The number of rotatable bonds is 3. The topological polar surface area (TPSA) is 60.5 Å². The molecule has 1 N–H and O–H groups in total. The first-order valence-electron chi connectivity index (χ1n) is 8.90. The van der Waals surface area contributed by atoms with E-state index in [1.54, 1.807) is 6.07 Å². The normalized spacial score (nSPS) is 15.4. The number of aromatic nitrogens is 1. The molecule has 6 heteroatoms. The van der Waals surface area contributed by atoms with E-state index in [2.05, 4.69) is 34.6 Å². The Morgan fingerprint density at radius 2 is 1.79 bits per heavy atom. The fourth-order valence-electron chi connectivity index (χ4n) is 3.15. The molecule has 0 spiro atoms. The van der Waals surface area contributed by atoms with E-state index >= 15 is 0 Å². The third kappa shape index (κ3) is 3.18. The lowest BCUT2D eigenvalue weighted by atomic mass is 10.1. The fraction of sp³-hybridized carbons (Fsp3) is 0.0909. The maximum atomic E-state index is 12.5. The van der Waals surface area contributed by atoms with E-state index in [9.17, 15) is 4.79 Å². The highest BCUT2D eigenvalue weighted by Gasteiger charge is 2.27. The van der Waals surface area contributed by atoms with Gasteiger partial charge in [0.1, 0.15) is 6.61 Å². The molecule has 0 radical (unpaired) electrons. The lowest BCUT2D eigenvalue weighted by molar-refractivity contribution is -0.125. The summed E-state index contributed by atoms with van der Waals surface area (Å²) in [6.45, 7) is 0.172. The van der Waals surface area contributed by atoms with Crippen LogP contribution in [-0.2, 0) is 4.79 Å². The summed E-state index contributed by atoms with van der Waals surface area (Å²) in [5, 5.41) is 7.65. The monoisotopic (exact) mass is 388 g/mol. The van der Waals surface area contributed by atoms with Crippen molar-refractivity contribution in [3.63, 3.8) is 0 Å². The van der Waals surface area contributed by atoms with E-state index in [1.165, 1.54) is 16.7 Å². The Hall–Kier alpha value is -3.38. The van der Waals surface area contributed by atoms with Crippen LogP contribution in [0.15, 0.2) is 72.1 Å². The van der Waals surface area contributed by atoms with Gasteiger partial charge in [-0.1, -0.05) is 48.5 Å². The number of carbonyl (C=O) groups excluding carboxylic acids is 1. The van der Waals surface area contributed by atoms with Crippen LogP contribution in [0.3, 0.4) is 0 Å². The average molecular weight is 388 g/mol. The number of benzene rings is 3. The van der Waals surface area contributed by atoms with E-state index in [0.29, 0.717) is 16.6 Å². The average Bonchev–Trinajstić information content (AvgIpc) is 3.21. The lowest BCUT2D eigenvalue weighted by Gasteiger charge is -2.25. The van der Waals surface area contributed by atoms with Crippen LogP contribution in [0.2, 0.25) is 0 Å². The smallest absolute Gasteiger partial charge is 0.270 e. The molecule has 1 aliphatic heterocycles. The van der Waals surface area contributed by atoms with Gasteiger partial charge in [0, 0.05) is 10.9 Å². The molecule has 0 unspecified atom stereocenters. The third-order valence-electron chi connectivity index (χ3n) is 4.58. The van der Waals surface area contributed by atoms with Gasteiger partial charge in [-0.2, -0.15) is 0 Å². The highest BCUT2D eigenvalue weighted by molar-refractivity contribution is 7.14. The number of nitrogens with one attached hydrogen (secondary N) is 1. The Bertz CT molecular complexity index is 1170. The van der Waals surface area contributed by atoms with E-state index in [0.717, 1.165) is 16.6 Å². The van der Waals surface area contributed by atoms with Crippen molar-refractivity contribution in [3.05, 3.63) is 72.1 Å². The number of nitrogens with zero attached hydrogens (tertiary/aromatic N) is 1. The molecule has 5 rings (SSSR count). The van der Waals surface area contributed by atoms with Crippen molar-refractivity contribution in [1.29, 1.82) is 0 Å². The number of para-hydroxylation sites is 2. The number of amides is 1. The van der Waals surface area contributed by atoms with Crippen LogP contribution >= 0.6 is 11.3 Å². The maximum Gasteiger partial charge on any atom is 0.270 e. The van der Waals surface area contributed by atoms with E-state index in [-0.39, 0.29) is 12.5 Å². The summed E-state index contributed by atoms with van der Waals surface area (Å²) in [5.74, 6) is 0.957. The molecule has 0 saturated heterocycles. The maximum absolute atomic E-state index is 12.5. The first-order chi connectivity index (χ1) is 13.8. The SMILES string of the molecule is O=C(Nc1nc(-c2ccc3ccccc3c2)cs1)[C@H]1COc2ccccc2O1. The van der Waals surface area contributed by atoms with Crippen molar-refractivity contribution in [1.82, 2.24) is 4.98 Å². The Balaban J connectivity index is 1.31. The third-order valence-corrected chi connectivity index (χ3v) is 5.34. The molecule has 0 fully saturated rings. The molecule has 1 amide bonds. The molecule has 1 aromatic heterocycles. The van der Waals surface area contributed by atoms with E-state index in [1.807, 2.05) is 41.8 Å². The molecule has 0 saturated carbocycles. The van der Waals surface area contributed by atoms with Crippen LogP contribution in [-0.4, -0.2) is 23.6 Å². The van der Waals surface area contributed by atoms with Crippen molar-refractivity contribution < 1.29 is 14.3 Å². The van der Waals surface area contributed by atoms with Crippen LogP contribution < -0.4 is 14.8 Å². The number of fused-ring (bicyclic) bond motifs is 2. The van der Waals surface area contributed by atoms with Crippen LogP contribution in [0.5, 0.6) is 11.5 Å².